The van der Waals surface area contributed by atoms with Crippen LogP contribution < -0.4 is 10.9 Å². The number of carbonyl (C=O) groups excluding carboxylic acids is 1. The summed E-state index contributed by atoms with van der Waals surface area (Å²) < 4.78 is 1.24. The Balaban J connectivity index is 1.41. The van der Waals surface area contributed by atoms with Crippen LogP contribution in [0.4, 0.5) is 0 Å². The zero-order valence-electron chi connectivity index (χ0n) is 15.3. The fourth-order valence-corrected chi connectivity index (χ4v) is 4.45. The van der Waals surface area contributed by atoms with E-state index in [0.717, 1.165) is 12.0 Å². The van der Waals surface area contributed by atoms with Crippen LogP contribution in [0.5, 0.6) is 0 Å². The topological polar surface area (TPSA) is 64.0 Å². The fourth-order valence-electron chi connectivity index (χ4n) is 4.04. The number of thioether (sulfide) groups is 1. The molecule has 1 amide bonds. The van der Waals surface area contributed by atoms with Crippen LogP contribution in [0.25, 0.3) is 11.3 Å². The molecule has 1 N–H and O–H groups in total. The van der Waals surface area contributed by atoms with Crippen LogP contribution in [-0.2, 0) is 11.3 Å². The molecule has 140 valence electrons. The normalized spacial score (nSPS) is 22.9. The average molecular weight is 382 g/mol. The molecule has 3 unspecified atom stereocenters. The minimum atomic E-state index is -0.266. The standard InChI is InChI=1S/C21H23N3O2S/c1-27-18-6-4-15(5-7-18)19-8-9-21(26)24(23-19)13-20(25)22-12-17-11-14-2-3-16(17)10-14/h2-9,14,16-17H,10-13H2,1H3,(H,22,25). The number of nitrogens with zero attached hydrogens (tertiary/aromatic N) is 2. The van der Waals surface area contributed by atoms with Crippen molar-refractivity contribution in [2.45, 2.75) is 24.3 Å². The lowest BCUT2D eigenvalue weighted by atomic mass is 9.94. The molecule has 1 aromatic heterocycles. The zero-order chi connectivity index (χ0) is 18.8. The number of hydrogen-bond donors (Lipinski definition) is 1. The summed E-state index contributed by atoms with van der Waals surface area (Å²) in [6.45, 7) is 0.626. The Hall–Kier alpha value is -2.34. The number of carbonyl (C=O) groups is 1. The van der Waals surface area contributed by atoms with E-state index in [1.54, 1.807) is 17.8 Å². The molecule has 2 aliphatic carbocycles. The first kappa shape index (κ1) is 18.0. The molecule has 27 heavy (non-hydrogen) atoms. The predicted octanol–water partition coefficient (Wildman–Crippen LogP) is 2.96. The van der Waals surface area contributed by atoms with E-state index in [4.69, 9.17) is 0 Å². The van der Waals surface area contributed by atoms with Gasteiger partial charge in [-0.1, -0.05) is 24.3 Å². The van der Waals surface area contributed by atoms with E-state index in [1.807, 2.05) is 30.5 Å². The van der Waals surface area contributed by atoms with Gasteiger partial charge in [-0.3, -0.25) is 9.59 Å². The van der Waals surface area contributed by atoms with Gasteiger partial charge >= 0.3 is 0 Å². The molecule has 2 aliphatic rings. The molecule has 0 saturated heterocycles. The smallest absolute Gasteiger partial charge is 0.267 e. The minimum Gasteiger partial charge on any atom is -0.354 e. The fraction of sp³-hybridized carbons (Fsp3) is 0.381. The van der Waals surface area contributed by atoms with Gasteiger partial charge < -0.3 is 5.32 Å². The van der Waals surface area contributed by atoms with E-state index in [-0.39, 0.29) is 18.0 Å². The molecule has 0 aliphatic heterocycles. The molecule has 5 nitrogen and oxygen atoms in total. The number of aromatic nitrogens is 2. The molecule has 1 aromatic carbocycles. The Morgan fingerprint density at radius 3 is 2.67 bits per heavy atom. The van der Waals surface area contributed by atoms with Crippen molar-refractivity contribution < 1.29 is 4.79 Å². The second-order valence-corrected chi connectivity index (χ2v) is 8.17. The van der Waals surface area contributed by atoms with Crippen molar-refractivity contribution in [3.8, 4) is 11.3 Å². The average Bonchev–Trinajstić information content (AvgIpc) is 3.31. The summed E-state index contributed by atoms with van der Waals surface area (Å²) >= 11 is 1.67. The number of nitrogens with one attached hydrogen (secondary N) is 1. The van der Waals surface area contributed by atoms with Crippen LogP contribution in [-0.4, -0.2) is 28.5 Å². The van der Waals surface area contributed by atoms with Gasteiger partial charge in [0.2, 0.25) is 5.91 Å². The molecule has 2 aromatic rings. The number of hydrogen-bond acceptors (Lipinski definition) is 4. The second kappa shape index (κ2) is 7.72. The lowest BCUT2D eigenvalue weighted by Gasteiger charge is -2.18. The number of allylic oxidation sites excluding steroid dienone is 2. The summed E-state index contributed by atoms with van der Waals surface area (Å²) in [6, 6.07) is 11.2. The van der Waals surface area contributed by atoms with Crippen LogP contribution in [0, 0.1) is 17.8 Å². The van der Waals surface area contributed by atoms with E-state index in [1.165, 1.54) is 22.1 Å². The molecular formula is C21H23N3O2S. The Bertz CT molecular complexity index is 920. The summed E-state index contributed by atoms with van der Waals surface area (Å²) in [6.07, 6.45) is 8.98. The van der Waals surface area contributed by atoms with Gasteiger partial charge in [-0.05, 0) is 55.1 Å². The minimum absolute atomic E-state index is 0.0494. The van der Waals surface area contributed by atoms with Gasteiger partial charge in [0.25, 0.3) is 5.56 Å². The number of fused-ring (bicyclic) bond motifs is 2. The van der Waals surface area contributed by atoms with Gasteiger partial charge in [-0.2, -0.15) is 5.10 Å². The number of rotatable bonds is 6. The van der Waals surface area contributed by atoms with Crippen molar-refractivity contribution in [3.63, 3.8) is 0 Å². The maximum Gasteiger partial charge on any atom is 0.267 e. The largest absolute Gasteiger partial charge is 0.354 e. The van der Waals surface area contributed by atoms with E-state index >= 15 is 0 Å². The molecule has 0 radical (unpaired) electrons. The monoisotopic (exact) mass is 381 g/mol. The van der Waals surface area contributed by atoms with Gasteiger partial charge in [0.05, 0.1) is 5.69 Å². The maximum atomic E-state index is 12.3. The predicted molar refractivity (Wildman–Crippen MR) is 108 cm³/mol. The van der Waals surface area contributed by atoms with Crippen molar-refractivity contribution >= 4 is 17.7 Å². The summed E-state index contributed by atoms with van der Waals surface area (Å²) in [5.41, 5.74) is 1.35. The highest BCUT2D eigenvalue weighted by atomic mass is 32.2. The molecule has 1 fully saturated rings. The van der Waals surface area contributed by atoms with Crippen LogP contribution >= 0.6 is 11.8 Å². The summed E-state index contributed by atoms with van der Waals surface area (Å²) in [5, 5.41) is 7.37. The SMILES string of the molecule is CSc1ccc(-c2ccc(=O)n(CC(=O)NCC3CC4C=CC3C4)n2)cc1. The number of amides is 1. The van der Waals surface area contributed by atoms with Gasteiger partial charge in [0, 0.05) is 23.1 Å². The van der Waals surface area contributed by atoms with E-state index < -0.39 is 0 Å². The highest BCUT2D eigenvalue weighted by Crippen LogP contribution is 2.42. The summed E-state index contributed by atoms with van der Waals surface area (Å²) in [7, 11) is 0. The van der Waals surface area contributed by atoms with Gasteiger partial charge in [0.1, 0.15) is 6.54 Å². The maximum absolute atomic E-state index is 12.3. The third-order valence-corrected chi connectivity index (χ3v) is 6.27. The van der Waals surface area contributed by atoms with Gasteiger partial charge in [-0.25, -0.2) is 4.68 Å². The Labute approximate surface area is 162 Å². The zero-order valence-corrected chi connectivity index (χ0v) is 16.1. The number of benzene rings is 1. The molecule has 2 bridgehead atoms. The summed E-state index contributed by atoms with van der Waals surface area (Å²) in [4.78, 5) is 25.6. The quantitative estimate of drug-likeness (QED) is 0.617. The van der Waals surface area contributed by atoms with Gasteiger partial charge in [-0.15, -0.1) is 11.8 Å². The Morgan fingerprint density at radius 1 is 1.19 bits per heavy atom. The van der Waals surface area contributed by atoms with E-state index in [0.29, 0.717) is 30.0 Å². The lowest BCUT2D eigenvalue weighted by molar-refractivity contribution is -0.122. The Kier molecular flexibility index (Phi) is 5.16. The lowest BCUT2D eigenvalue weighted by Crippen LogP contribution is -2.36. The van der Waals surface area contributed by atoms with E-state index in [2.05, 4.69) is 22.6 Å². The highest BCUT2D eigenvalue weighted by Gasteiger charge is 2.35. The van der Waals surface area contributed by atoms with Crippen molar-refractivity contribution in [1.82, 2.24) is 15.1 Å². The summed E-state index contributed by atoms with van der Waals surface area (Å²) in [5.74, 6) is 1.65. The third-order valence-electron chi connectivity index (χ3n) is 5.52. The second-order valence-electron chi connectivity index (χ2n) is 7.29. The van der Waals surface area contributed by atoms with Crippen molar-refractivity contribution in [3.05, 3.63) is 58.9 Å². The first-order valence-corrected chi connectivity index (χ1v) is 10.5. The van der Waals surface area contributed by atoms with Crippen molar-refractivity contribution in [2.24, 2.45) is 17.8 Å². The molecule has 1 heterocycles. The Morgan fingerprint density at radius 2 is 2.00 bits per heavy atom. The van der Waals surface area contributed by atoms with Crippen molar-refractivity contribution in [1.29, 1.82) is 0 Å². The van der Waals surface area contributed by atoms with E-state index in [9.17, 15) is 9.59 Å². The molecule has 0 spiro atoms. The first-order chi connectivity index (χ1) is 13.1. The van der Waals surface area contributed by atoms with Crippen LogP contribution in [0.3, 0.4) is 0 Å². The highest BCUT2D eigenvalue weighted by molar-refractivity contribution is 7.98. The molecule has 4 rings (SSSR count). The van der Waals surface area contributed by atoms with Crippen LogP contribution in [0.1, 0.15) is 12.8 Å². The van der Waals surface area contributed by atoms with Crippen LogP contribution in [0.2, 0.25) is 0 Å². The molecular weight excluding hydrogens is 358 g/mol. The van der Waals surface area contributed by atoms with Crippen molar-refractivity contribution in [2.75, 3.05) is 12.8 Å². The first-order valence-electron chi connectivity index (χ1n) is 9.30. The third kappa shape index (κ3) is 4.00. The van der Waals surface area contributed by atoms with Gasteiger partial charge in [0.15, 0.2) is 0 Å². The van der Waals surface area contributed by atoms with Crippen LogP contribution in [0.15, 0.2) is 58.2 Å². The molecule has 6 heteroatoms. The molecule has 1 saturated carbocycles. The molecule has 3 atom stereocenters.